The number of methoxy groups -OCH3 is 1. The van der Waals surface area contributed by atoms with Crippen molar-refractivity contribution in [3.05, 3.63) is 28.2 Å². The molecule has 0 atom stereocenters. The highest BCUT2D eigenvalue weighted by Crippen LogP contribution is 2.30. The molecule has 0 spiro atoms. The zero-order valence-corrected chi connectivity index (χ0v) is 13.9. The normalized spacial score (nSPS) is 11.7. The molecule has 0 aromatic heterocycles. The van der Waals surface area contributed by atoms with Crippen molar-refractivity contribution in [3.8, 4) is 5.75 Å². The summed E-state index contributed by atoms with van der Waals surface area (Å²) in [5, 5.41) is 3.20. The molecule has 0 unspecified atom stereocenters. The quantitative estimate of drug-likeness (QED) is 0.652. The van der Waals surface area contributed by atoms with E-state index in [2.05, 4.69) is 21.2 Å². The van der Waals surface area contributed by atoms with Crippen molar-refractivity contribution in [3.63, 3.8) is 0 Å². The Kier molecular flexibility index (Phi) is 8.46. The van der Waals surface area contributed by atoms with Gasteiger partial charge in [0.1, 0.15) is 5.75 Å². The summed E-state index contributed by atoms with van der Waals surface area (Å²) in [6.07, 6.45) is 0. The van der Waals surface area contributed by atoms with E-state index >= 15 is 0 Å². The van der Waals surface area contributed by atoms with Crippen LogP contribution in [0.4, 0.5) is 13.2 Å². The summed E-state index contributed by atoms with van der Waals surface area (Å²) in [4.78, 5) is 0. The smallest absolute Gasteiger partial charge is 0.441 e. The van der Waals surface area contributed by atoms with Crippen LogP contribution in [0.25, 0.3) is 0 Å². The van der Waals surface area contributed by atoms with Gasteiger partial charge in [0.2, 0.25) is 0 Å². The average molecular weight is 388 g/mol. The molecule has 8 heteroatoms. The average Bonchev–Trinajstić information content (AvgIpc) is 2.40. The van der Waals surface area contributed by atoms with Crippen LogP contribution in [0.3, 0.4) is 0 Å². The van der Waals surface area contributed by atoms with Crippen LogP contribution in [0.1, 0.15) is 5.56 Å². The second kappa shape index (κ2) is 9.55. The van der Waals surface area contributed by atoms with Crippen LogP contribution in [0.15, 0.2) is 22.7 Å². The Morgan fingerprint density at radius 1 is 1.29 bits per heavy atom. The fourth-order valence-corrected chi connectivity index (χ4v) is 2.43. The lowest BCUT2D eigenvalue weighted by Crippen LogP contribution is -2.18. The molecule has 0 aliphatic heterocycles. The van der Waals surface area contributed by atoms with E-state index in [1.807, 2.05) is 12.1 Å². The molecule has 0 aliphatic rings. The highest BCUT2D eigenvalue weighted by Gasteiger charge is 2.27. The molecule has 0 aliphatic carbocycles. The molecular formula is C13H17BrF3NO2S. The van der Waals surface area contributed by atoms with Crippen molar-refractivity contribution in [2.24, 2.45) is 0 Å². The number of alkyl halides is 3. The van der Waals surface area contributed by atoms with Gasteiger partial charge in [-0.05, 0) is 45.4 Å². The molecule has 0 saturated heterocycles. The molecule has 1 aromatic rings. The van der Waals surface area contributed by atoms with E-state index in [1.54, 1.807) is 13.2 Å². The number of halogens is 4. The van der Waals surface area contributed by atoms with Crippen LogP contribution in [-0.2, 0) is 11.3 Å². The number of nitrogens with one attached hydrogen (secondary N) is 1. The van der Waals surface area contributed by atoms with E-state index in [4.69, 9.17) is 9.47 Å². The Morgan fingerprint density at radius 3 is 2.67 bits per heavy atom. The first-order valence-electron chi connectivity index (χ1n) is 6.24. The van der Waals surface area contributed by atoms with Crippen molar-refractivity contribution >= 4 is 27.7 Å². The first kappa shape index (κ1) is 18.6. The molecule has 0 bridgehead atoms. The van der Waals surface area contributed by atoms with E-state index < -0.39 is 5.51 Å². The maximum Gasteiger partial charge on any atom is 0.441 e. The third-order valence-electron chi connectivity index (χ3n) is 2.42. The molecule has 0 saturated carbocycles. The van der Waals surface area contributed by atoms with Crippen LogP contribution in [0, 0.1) is 0 Å². The van der Waals surface area contributed by atoms with Gasteiger partial charge in [-0.15, -0.1) is 0 Å². The fraction of sp³-hybridized carbons (Fsp3) is 0.538. The van der Waals surface area contributed by atoms with Gasteiger partial charge >= 0.3 is 5.51 Å². The predicted octanol–water partition coefficient (Wildman–Crippen LogP) is 3.82. The van der Waals surface area contributed by atoms with Gasteiger partial charge in [0.15, 0.2) is 0 Å². The molecule has 3 nitrogen and oxygen atoms in total. The Hall–Kier alpha value is -0.440. The number of rotatable bonds is 9. The standard InChI is InChI=1S/C13H17BrF3NO2S/c1-19-5-4-18-9-10-2-3-12(11(14)8-10)20-6-7-21-13(15,16)17/h2-3,8,18H,4-7,9H2,1H3. The van der Waals surface area contributed by atoms with Gasteiger partial charge in [0.25, 0.3) is 0 Å². The van der Waals surface area contributed by atoms with Crippen LogP contribution in [0.5, 0.6) is 5.75 Å². The highest BCUT2D eigenvalue weighted by molar-refractivity contribution is 9.10. The molecule has 1 N–H and O–H groups in total. The minimum absolute atomic E-state index is 0.00815. The van der Waals surface area contributed by atoms with Crippen molar-refractivity contribution in [1.29, 1.82) is 0 Å². The lowest BCUT2D eigenvalue weighted by Gasteiger charge is -2.11. The van der Waals surface area contributed by atoms with Gasteiger partial charge in [-0.2, -0.15) is 13.2 Å². The third kappa shape index (κ3) is 8.55. The summed E-state index contributed by atoms with van der Waals surface area (Å²) in [5.74, 6) is 0.411. The Bertz CT molecular complexity index is 432. The second-order valence-corrected chi connectivity index (χ2v) is 6.09. The molecule has 120 valence electrons. The van der Waals surface area contributed by atoms with Crippen molar-refractivity contribution in [2.45, 2.75) is 12.1 Å². The van der Waals surface area contributed by atoms with E-state index in [-0.39, 0.29) is 24.1 Å². The minimum atomic E-state index is -4.21. The number of benzene rings is 1. The molecule has 0 radical (unpaired) electrons. The summed E-state index contributed by atoms with van der Waals surface area (Å²) in [6.45, 7) is 2.08. The van der Waals surface area contributed by atoms with Gasteiger partial charge in [-0.25, -0.2) is 0 Å². The Labute approximate surface area is 134 Å². The molecule has 0 amide bonds. The molecule has 1 aromatic carbocycles. The second-order valence-electron chi connectivity index (χ2n) is 4.08. The molecule has 21 heavy (non-hydrogen) atoms. The summed E-state index contributed by atoms with van der Waals surface area (Å²) in [7, 11) is 1.64. The predicted molar refractivity (Wildman–Crippen MR) is 81.7 cm³/mol. The Morgan fingerprint density at radius 2 is 2.05 bits per heavy atom. The van der Waals surface area contributed by atoms with Crippen LogP contribution >= 0.6 is 27.7 Å². The number of thioether (sulfide) groups is 1. The third-order valence-corrected chi connectivity index (χ3v) is 3.73. The van der Waals surface area contributed by atoms with Gasteiger partial charge < -0.3 is 14.8 Å². The largest absolute Gasteiger partial charge is 0.492 e. The zero-order valence-electron chi connectivity index (χ0n) is 11.5. The lowest BCUT2D eigenvalue weighted by atomic mass is 10.2. The monoisotopic (exact) mass is 387 g/mol. The zero-order chi connectivity index (χ0) is 15.7. The summed E-state index contributed by atoms with van der Waals surface area (Å²) in [5.41, 5.74) is -3.16. The van der Waals surface area contributed by atoms with Crippen molar-refractivity contribution in [2.75, 3.05) is 32.6 Å². The van der Waals surface area contributed by atoms with Gasteiger partial charge in [0, 0.05) is 26.0 Å². The van der Waals surface area contributed by atoms with E-state index in [0.29, 0.717) is 18.9 Å². The molecule has 1 rings (SSSR count). The van der Waals surface area contributed by atoms with Crippen LogP contribution in [-0.4, -0.2) is 38.1 Å². The van der Waals surface area contributed by atoms with Gasteiger partial charge in [0.05, 0.1) is 17.7 Å². The molecular weight excluding hydrogens is 371 g/mol. The first-order chi connectivity index (χ1) is 9.92. The maximum absolute atomic E-state index is 12.0. The van der Waals surface area contributed by atoms with Crippen molar-refractivity contribution < 1.29 is 22.6 Å². The van der Waals surface area contributed by atoms with Crippen LogP contribution in [0.2, 0.25) is 0 Å². The SMILES string of the molecule is COCCNCc1ccc(OCCSC(F)(F)F)c(Br)c1. The van der Waals surface area contributed by atoms with E-state index in [1.165, 1.54) is 0 Å². The highest BCUT2D eigenvalue weighted by atomic mass is 79.9. The molecule has 0 heterocycles. The number of hydrogen-bond donors (Lipinski definition) is 1. The Balaban J connectivity index is 2.36. The summed E-state index contributed by atoms with van der Waals surface area (Å²) >= 11 is 3.27. The summed E-state index contributed by atoms with van der Waals surface area (Å²) in [6, 6.07) is 5.50. The van der Waals surface area contributed by atoms with E-state index in [9.17, 15) is 13.2 Å². The first-order valence-corrected chi connectivity index (χ1v) is 8.02. The number of hydrogen-bond acceptors (Lipinski definition) is 4. The van der Waals surface area contributed by atoms with E-state index in [0.717, 1.165) is 16.6 Å². The molecule has 0 fully saturated rings. The maximum atomic E-state index is 12.0. The van der Waals surface area contributed by atoms with Gasteiger partial charge in [-0.1, -0.05) is 6.07 Å². The lowest BCUT2D eigenvalue weighted by molar-refractivity contribution is -0.0329. The number of ether oxygens (including phenoxy) is 2. The topological polar surface area (TPSA) is 30.5 Å². The van der Waals surface area contributed by atoms with Crippen LogP contribution < -0.4 is 10.1 Å². The van der Waals surface area contributed by atoms with Crippen molar-refractivity contribution in [1.82, 2.24) is 5.32 Å². The minimum Gasteiger partial charge on any atom is -0.492 e. The fourth-order valence-electron chi connectivity index (χ4n) is 1.49. The summed E-state index contributed by atoms with van der Waals surface area (Å²) < 4.78 is 46.9. The van der Waals surface area contributed by atoms with Gasteiger partial charge in [-0.3, -0.25) is 0 Å².